The van der Waals surface area contributed by atoms with E-state index >= 15 is 0 Å². The van der Waals surface area contributed by atoms with Gasteiger partial charge in [-0.2, -0.15) is 0 Å². The smallest absolute Gasteiger partial charge is 0.240 e. The summed E-state index contributed by atoms with van der Waals surface area (Å²) >= 11 is 1.64. The van der Waals surface area contributed by atoms with Gasteiger partial charge in [-0.25, -0.2) is 4.98 Å². The number of hydrogen-bond acceptors (Lipinski definition) is 4. The van der Waals surface area contributed by atoms with Gasteiger partial charge in [-0.3, -0.25) is 4.79 Å². The Morgan fingerprint density at radius 2 is 1.92 bits per heavy atom. The van der Waals surface area contributed by atoms with Gasteiger partial charge in [0.05, 0.1) is 17.6 Å². The topological polar surface area (TPSA) is 56.1 Å². The Morgan fingerprint density at radius 1 is 1.16 bits per heavy atom. The van der Waals surface area contributed by atoms with E-state index in [1.54, 1.807) is 18.9 Å². The standard InChI is InChI=1S/C19H21N3O2S/c1-24-12-11-20-18(23)13-22-17-10-6-5-9-16(17)21-19(22)25-14-15-7-3-2-4-8-15/h2-10H,11-14H2,1H3,(H,20,23). The fraction of sp³-hybridized carbons (Fsp3) is 0.263. The number of benzene rings is 2. The van der Waals surface area contributed by atoms with E-state index in [9.17, 15) is 4.79 Å². The molecule has 0 unspecified atom stereocenters. The highest BCUT2D eigenvalue weighted by Gasteiger charge is 2.14. The van der Waals surface area contributed by atoms with Crippen LogP contribution in [0.15, 0.2) is 59.8 Å². The molecule has 1 heterocycles. The number of carbonyl (C=O) groups is 1. The number of amides is 1. The molecule has 3 rings (SSSR count). The molecule has 1 N–H and O–H groups in total. The second-order valence-corrected chi connectivity index (χ2v) is 6.53. The van der Waals surface area contributed by atoms with Crippen molar-refractivity contribution >= 4 is 28.7 Å². The van der Waals surface area contributed by atoms with E-state index in [1.165, 1.54) is 5.56 Å². The molecule has 0 bridgehead atoms. The molecule has 0 atom stereocenters. The first kappa shape index (κ1) is 17.5. The average molecular weight is 355 g/mol. The zero-order valence-corrected chi connectivity index (χ0v) is 15.0. The molecule has 0 radical (unpaired) electrons. The maximum Gasteiger partial charge on any atom is 0.240 e. The predicted molar refractivity (Wildman–Crippen MR) is 101 cm³/mol. The van der Waals surface area contributed by atoms with Crippen LogP contribution in [0.2, 0.25) is 0 Å². The van der Waals surface area contributed by atoms with Crippen LogP contribution in [0.1, 0.15) is 5.56 Å². The van der Waals surface area contributed by atoms with E-state index in [4.69, 9.17) is 9.72 Å². The highest BCUT2D eigenvalue weighted by molar-refractivity contribution is 7.98. The average Bonchev–Trinajstić information content (AvgIpc) is 2.99. The van der Waals surface area contributed by atoms with Crippen LogP contribution in [0.25, 0.3) is 11.0 Å². The molecule has 0 aliphatic rings. The van der Waals surface area contributed by atoms with E-state index in [1.807, 2.05) is 47.0 Å². The molecule has 3 aromatic rings. The highest BCUT2D eigenvalue weighted by Crippen LogP contribution is 2.26. The van der Waals surface area contributed by atoms with Gasteiger partial charge >= 0.3 is 0 Å². The number of nitrogens with one attached hydrogen (secondary N) is 1. The molecule has 130 valence electrons. The summed E-state index contributed by atoms with van der Waals surface area (Å²) in [6.45, 7) is 1.27. The van der Waals surface area contributed by atoms with Crippen LogP contribution in [-0.4, -0.2) is 35.7 Å². The Labute approximate surface area is 151 Å². The molecule has 5 nitrogen and oxygen atoms in total. The van der Waals surface area contributed by atoms with Crippen molar-refractivity contribution in [2.24, 2.45) is 0 Å². The highest BCUT2D eigenvalue weighted by atomic mass is 32.2. The molecule has 0 saturated carbocycles. The van der Waals surface area contributed by atoms with E-state index < -0.39 is 0 Å². The van der Waals surface area contributed by atoms with E-state index in [-0.39, 0.29) is 12.5 Å². The molecule has 6 heteroatoms. The van der Waals surface area contributed by atoms with Gasteiger partial charge in [0.25, 0.3) is 0 Å². The number of imidazole rings is 1. The van der Waals surface area contributed by atoms with E-state index in [0.717, 1.165) is 21.9 Å². The molecular formula is C19H21N3O2S. The summed E-state index contributed by atoms with van der Waals surface area (Å²) in [7, 11) is 1.62. The van der Waals surface area contributed by atoms with Crippen LogP contribution in [0.4, 0.5) is 0 Å². The number of aromatic nitrogens is 2. The van der Waals surface area contributed by atoms with Gasteiger partial charge in [-0.05, 0) is 17.7 Å². The van der Waals surface area contributed by atoms with Crippen molar-refractivity contribution in [1.82, 2.24) is 14.9 Å². The molecule has 25 heavy (non-hydrogen) atoms. The molecular weight excluding hydrogens is 334 g/mol. The number of thioether (sulfide) groups is 1. The number of para-hydroxylation sites is 2. The van der Waals surface area contributed by atoms with E-state index in [0.29, 0.717) is 13.2 Å². The third kappa shape index (κ3) is 4.61. The fourth-order valence-corrected chi connectivity index (χ4v) is 3.50. The number of rotatable bonds is 8. The SMILES string of the molecule is COCCNC(=O)Cn1c(SCc2ccccc2)nc2ccccc21. The quantitative estimate of drug-likeness (QED) is 0.498. The lowest BCUT2D eigenvalue weighted by Gasteiger charge is -2.09. The van der Waals surface area contributed by atoms with Gasteiger partial charge < -0.3 is 14.6 Å². The first-order valence-corrected chi connectivity index (χ1v) is 9.14. The fourth-order valence-electron chi connectivity index (χ4n) is 2.53. The Bertz CT molecular complexity index is 833. The van der Waals surface area contributed by atoms with Crippen molar-refractivity contribution in [2.45, 2.75) is 17.5 Å². The maximum absolute atomic E-state index is 12.2. The predicted octanol–water partition coefficient (Wildman–Crippen LogP) is 3.09. The number of fused-ring (bicyclic) bond motifs is 1. The number of nitrogens with zero attached hydrogens (tertiary/aromatic N) is 2. The van der Waals surface area contributed by atoms with Crippen molar-refractivity contribution in [3.8, 4) is 0 Å². The Morgan fingerprint density at radius 3 is 2.72 bits per heavy atom. The van der Waals surface area contributed by atoms with Gasteiger partial charge in [-0.15, -0.1) is 0 Å². The minimum absolute atomic E-state index is 0.0400. The number of methoxy groups -OCH3 is 1. The van der Waals surface area contributed by atoms with Gasteiger partial charge in [0.1, 0.15) is 6.54 Å². The maximum atomic E-state index is 12.2. The molecule has 0 aliphatic heterocycles. The minimum Gasteiger partial charge on any atom is -0.383 e. The monoisotopic (exact) mass is 355 g/mol. The van der Waals surface area contributed by atoms with E-state index in [2.05, 4.69) is 17.4 Å². The van der Waals surface area contributed by atoms with Crippen molar-refractivity contribution in [3.63, 3.8) is 0 Å². The Hall–Kier alpha value is -2.31. The third-order valence-electron chi connectivity index (χ3n) is 3.76. The van der Waals surface area contributed by atoms with Crippen molar-refractivity contribution < 1.29 is 9.53 Å². The first-order chi connectivity index (χ1) is 12.3. The van der Waals surface area contributed by atoms with Gasteiger partial charge in [0.2, 0.25) is 5.91 Å². The lowest BCUT2D eigenvalue weighted by atomic mass is 10.2. The van der Waals surface area contributed by atoms with Gasteiger partial charge in [0, 0.05) is 19.4 Å². The van der Waals surface area contributed by atoms with Gasteiger partial charge in [0.15, 0.2) is 5.16 Å². The van der Waals surface area contributed by atoms with Crippen LogP contribution in [-0.2, 0) is 21.8 Å². The minimum atomic E-state index is -0.0400. The molecule has 0 saturated heterocycles. The normalized spacial score (nSPS) is 10.9. The molecule has 0 aliphatic carbocycles. The summed E-state index contributed by atoms with van der Waals surface area (Å²) in [5, 5.41) is 3.72. The lowest BCUT2D eigenvalue weighted by Crippen LogP contribution is -2.30. The van der Waals surface area contributed by atoms with Crippen LogP contribution in [0.3, 0.4) is 0 Å². The Balaban J connectivity index is 1.78. The molecule has 0 spiro atoms. The van der Waals surface area contributed by atoms with Crippen molar-refractivity contribution in [1.29, 1.82) is 0 Å². The molecule has 1 amide bonds. The molecule has 1 aromatic heterocycles. The van der Waals surface area contributed by atoms with Crippen LogP contribution >= 0.6 is 11.8 Å². The summed E-state index contributed by atoms with van der Waals surface area (Å²) in [5.41, 5.74) is 3.11. The summed E-state index contributed by atoms with van der Waals surface area (Å²) in [6, 6.07) is 18.2. The zero-order valence-electron chi connectivity index (χ0n) is 14.1. The number of ether oxygens (including phenoxy) is 1. The van der Waals surface area contributed by atoms with Crippen LogP contribution in [0.5, 0.6) is 0 Å². The zero-order chi connectivity index (χ0) is 17.5. The number of carbonyl (C=O) groups excluding carboxylic acids is 1. The second-order valence-electron chi connectivity index (χ2n) is 5.59. The van der Waals surface area contributed by atoms with Crippen LogP contribution in [0, 0.1) is 0 Å². The Kier molecular flexibility index (Phi) is 6.09. The third-order valence-corrected chi connectivity index (χ3v) is 4.81. The summed E-state index contributed by atoms with van der Waals surface area (Å²) in [5.74, 6) is 0.775. The summed E-state index contributed by atoms with van der Waals surface area (Å²) in [6.07, 6.45) is 0. The molecule has 0 fully saturated rings. The second kappa shape index (κ2) is 8.69. The lowest BCUT2D eigenvalue weighted by molar-refractivity contribution is -0.121. The number of hydrogen-bond donors (Lipinski definition) is 1. The summed E-state index contributed by atoms with van der Waals surface area (Å²) < 4.78 is 6.95. The van der Waals surface area contributed by atoms with Crippen molar-refractivity contribution in [2.75, 3.05) is 20.3 Å². The first-order valence-electron chi connectivity index (χ1n) is 8.15. The van der Waals surface area contributed by atoms with Crippen molar-refractivity contribution in [3.05, 3.63) is 60.2 Å². The summed E-state index contributed by atoms with van der Waals surface area (Å²) in [4.78, 5) is 16.9. The van der Waals surface area contributed by atoms with Crippen LogP contribution < -0.4 is 5.32 Å². The van der Waals surface area contributed by atoms with Gasteiger partial charge in [-0.1, -0.05) is 54.2 Å². The molecule has 2 aromatic carbocycles. The largest absolute Gasteiger partial charge is 0.383 e.